The van der Waals surface area contributed by atoms with Crippen molar-refractivity contribution in [2.75, 3.05) is 10.2 Å². The van der Waals surface area contributed by atoms with Gasteiger partial charge in [-0.3, -0.25) is 9.59 Å². The van der Waals surface area contributed by atoms with E-state index in [0.29, 0.717) is 21.8 Å². The number of anilines is 2. The maximum absolute atomic E-state index is 13.3. The van der Waals surface area contributed by atoms with E-state index in [1.807, 2.05) is 50.2 Å². The van der Waals surface area contributed by atoms with E-state index in [1.165, 1.54) is 4.90 Å². The Labute approximate surface area is 174 Å². The molecule has 0 spiro atoms. The number of carbonyl (C=O) groups is 2. The smallest absolute Gasteiger partial charge is 0.282 e. The Hall–Kier alpha value is -3.37. The third-order valence-corrected chi connectivity index (χ3v) is 5.08. The van der Waals surface area contributed by atoms with Gasteiger partial charge in [0.15, 0.2) is 0 Å². The van der Waals surface area contributed by atoms with Crippen molar-refractivity contribution in [2.24, 2.45) is 0 Å². The normalized spacial score (nSPS) is 14.0. The summed E-state index contributed by atoms with van der Waals surface area (Å²) in [5.74, 6) is -0.750. The van der Waals surface area contributed by atoms with E-state index in [0.717, 1.165) is 16.8 Å². The quantitative estimate of drug-likeness (QED) is 0.598. The number of hydrogen-bond donors (Lipinski definition) is 1. The molecular formula is C24H19ClN2O2. The maximum Gasteiger partial charge on any atom is 0.282 e. The summed E-state index contributed by atoms with van der Waals surface area (Å²) in [5.41, 5.74) is 4.66. The average molecular weight is 403 g/mol. The largest absolute Gasteiger partial charge is 0.350 e. The number of halogens is 1. The predicted molar refractivity (Wildman–Crippen MR) is 117 cm³/mol. The van der Waals surface area contributed by atoms with Crippen LogP contribution in [0.4, 0.5) is 11.4 Å². The summed E-state index contributed by atoms with van der Waals surface area (Å²) < 4.78 is 0. The van der Waals surface area contributed by atoms with Gasteiger partial charge < -0.3 is 5.32 Å². The van der Waals surface area contributed by atoms with Gasteiger partial charge in [0.2, 0.25) is 0 Å². The number of nitrogens with zero attached hydrogens (tertiary/aromatic N) is 1. The number of hydrogen-bond acceptors (Lipinski definition) is 3. The van der Waals surface area contributed by atoms with Crippen molar-refractivity contribution in [3.05, 3.63) is 100 Å². The highest BCUT2D eigenvalue weighted by atomic mass is 35.5. The van der Waals surface area contributed by atoms with Gasteiger partial charge in [-0.15, -0.1) is 0 Å². The number of nitrogens with one attached hydrogen (secondary N) is 1. The zero-order valence-electron chi connectivity index (χ0n) is 16.1. The van der Waals surface area contributed by atoms with Gasteiger partial charge in [0.1, 0.15) is 5.70 Å². The highest BCUT2D eigenvalue weighted by molar-refractivity contribution is 6.46. The third kappa shape index (κ3) is 3.67. The Morgan fingerprint density at radius 3 is 1.86 bits per heavy atom. The molecule has 0 fully saturated rings. The lowest BCUT2D eigenvalue weighted by molar-refractivity contribution is -0.120. The number of imide groups is 1. The molecule has 1 aliphatic heterocycles. The molecule has 5 heteroatoms. The monoisotopic (exact) mass is 402 g/mol. The van der Waals surface area contributed by atoms with Crippen LogP contribution in [0, 0.1) is 13.8 Å². The van der Waals surface area contributed by atoms with Gasteiger partial charge in [0, 0.05) is 10.7 Å². The Balaban J connectivity index is 1.80. The van der Waals surface area contributed by atoms with E-state index < -0.39 is 0 Å². The Bertz CT molecular complexity index is 1120. The third-order valence-electron chi connectivity index (χ3n) is 4.83. The van der Waals surface area contributed by atoms with Crippen LogP contribution in [-0.2, 0) is 9.59 Å². The van der Waals surface area contributed by atoms with Crippen molar-refractivity contribution < 1.29 is 9.59 Å². The molecule has 144 valence electrons. The van der Waals surface area contributed by atoms with Crippen LogP contribution in [0.5, 0.6) is 0 Å². The van der Waals surface area contributed by atoms with Gasteiger partial charge in [0.25, 0.3) is 11.8 Å². The first kappa shape index (κ1) is 19.0. The average Bonchev–Trinajstić information content (AvgIpc) is 2.95. The Kier molecular flexibility index (Phi) is 4.95. The molecule has 0 saturated carbocycles. The molecule has 2 amide bonds. The first-order valence-electron chi connectivity index (χ1n) is 9.23. The number of carbonyl (C=O) groups excluding carboxylic acids is 2. The molecule has 0 aliphatic carbocycles. The molecule has 0 radical (unpaired) electrons. The summed E-state index contributed by atoms with van der Waals surface area (Å²) in [6, 6.07) is 21.9. The lowest BCUT2D eigenvalue weighted by Gasteiger charge is -2.15. The van der Waals surface area contributed by atoms with E-state index in [1.54, 1.807) is 36.4 Å². The van der Waals surface area contributed by atoms with Crippen LogP contribution in [0.15, 0.2) is 78.5 Å². The van der Waals surface area contributed by atoms with Crippen LogP contribution in [-0.4, -0.2) is 11.8 Å². The molecule has 1 heterocycles. The second-order valence-corrected chi connectivity index (χ2v) is 7.47. The fourth-order valence-corrected chi connectivity index (χ4v) is 3.37. The summed E-state index contributed by atoms with van der Waals surface area (Å²) in [6.45, 7) is 3.95. The van der Waals surface area contributed by atoms with Crippen LogP contribution < -0.4 is 10.2 Å². The molecular weight excluding hydrogens is 384 g/mol. The highest BCUT2D eigenvalue weighted by Crippen LogP contribution is 2.34. The number of benzene rings is 3. The van der Waals surface area contributed by atoms with E-state index in [-0.39, 0.29) is 17.5 Å². The number of amides is 2. The van der Waals surface area contributed by atoms with Gasteiger partial charge in [-0.1, -0.05) is 59.1 Å². The maximum atomic E-state index is 13.3. The summed E-state index contributed by atoms with van der Waals surface area (Å²) in [4.78, 5) is 27.8. The van der Waals surface area contributed by atoms with Crippen molar-refractivity contribution >= 4 is 40.4 Å². The summed E-state index contributed by atoms with van der Waals surface area (Å²) in [5, 5.41) is 3.72. The zero-order chi connectivity index (χ0) is 20.5. The highest BCUT2D eigenvalue weighted by Gasteiger charge is 2.40. The van der Waals surface area contributed by atoms with Gasteiger partial charge >= 0.3 is 0 Å². The fraction of sp³-hybridized carbons (Fsp3) is 0.0833. The summed E-state index contributed by atoms with van der Waals surface area (Å²) >= 11 is 6.01. The molecule has 3 aromatic rings. The molecule has 4 nitrogen and oxygen atoms in total. The first-order chi connectivity index (χ1) is 13.9. The molecule has 1 aliphatic rings. The van der Waals surface area contributed by atoms with Crippen LogP contribution >= 0.6 is 11.6 Å². The van der Waals surface area contributed by atoms with Crippen molar-refractivity contribution in [3.8, 4) is 0 Å². The van der Waals surface area contributed by atoms with E-state index >= 15 is 0 Å². The van der Waals surface area contributed by atoms with Crippen molar-refractivity contribution in [2.45, 2.75) is 13.8 Å². The van der Waals surface area contributed by atoms with Gasteiger partial charge in [-0.2, -0.15) is 0 Å². The lowest BCUT2D eigenvalue weighted by atomic mass is 10.0. The zero-order valence-corrected chi connectivity index (χ0v) is 16.8. The van der Waals surface area contributed by atoms with Crippen LogP contribution in [0.1, 0.15) is 16.7 Å². The lowest BCUT2D eigenvalue weighted by Crippen LogP contribution is -2.32. The van der Waals surface area contributed by atoms with Crippen LogP contribution in [0.25, 0.3) is 5.57 Å². The minimum Gasteiger partial charge on any atom is -0.350 e. The summed E-state index contributed by atoms with van der Waals surface area (Å²) in [7, 11) is 0. The standard InChI is InChI=1S/C24H19ClN2O2/c1-15-3-11-19(12-4-15)26-22-21(17-7-9-18(25)10-8-17)23(28)27(24(22)29)20-13-5-16(2)6-14-20/h3-14,26H,1-2H3. The minimum absolute atomic E-state index is 0.252. The topological polar surface area (TPSA) is 49.4 Å². The molecule has 1 N–H and O–H groups in total. The minimum atomic E-state index is -0.385. The molecule has 0 bridgehead atoms. The Morgan fingerprint density at radius 1 is 0.724 bits per heavy atom. The molecule has 0 aromatic heterocycles. The molecule has 0 saturated heterocycles. The van der Waals surface area contributed by atoms with Crippen molar-refractivity contribution in [1.82, 2.24) is 0 Å². The predicted octanol–water partition coefficient (Wildman–Crippen LogP) is 5.35. The SMILES string of the molecule is Cc1ccc(NC2=C(c3ccc(Cl)cc3)C(=O)N(c3ccc(C)cc3)C2=O)cc1. The number of aryl methyl sites for hydroxylation is 2. The van der Waals surface area contributed by atoms with Crippen molar-refractivity contribution in [1.29, 1.82) is 0 Å². The second kappa shape index (κ2) is 7.57. The Morgan fingerprint density at radius 2 is 1.28 bits per heavy atom. The van der Waals surface area contributed by atoms with E-state index in [9.17, 15) is 9.59 Å². The van der Waals surface area contributed by atoms with E-state index in [2.05, 4.69) is 5.32 Å². The fourth-order valence-electron chi connectivity index (χ4n) is 3.24. The van der Waals surface area contributed by atoms with Gasteiger partial charge in [-0.25, -0.2) is 4.90 Å². The second-order valence-electron chi connectivity index (χ2n) is 7.03. The number of rotatable bonds is 4. The molecule has 0 atom stereocenters. The molecule has 4 rings (SSSR count). The first-order valence-corrected chi connectivity index (χ1v) is 9.61. The molecule has 0 unspecified atom stereocenters. The summed E-state index contributed by atoms with van der Waals surface area (Å²) in [6.07, 6.45) is 0. The molecule has 29 heavy (non-hydrogen) atoms. The van der Waals surface area contributed by atoms with Crippen LogP contribution in [0.3, 0.4) is 0 Å². The molecule has 3 aromatic carbocycles. The van der Waals surface area contributed by atoms with Crippen molar-refractivity contribution in [3.63, 3.8) is 0 Å². The van der Waals surface area contributed by atoms with Gasteiger partial charge in [0.05, 0.1) is 11.3 Å². The van der Waals surface area contributed by atoms with E-state index in [4.69, 9.17) is 11.6 Å². The van der Waals surface area contributed by atoms with Gasteiger partial charge in [-0.05, 0) is 55.8 Å². The van der Waals surface area contributed by atoms with Crippen LogP contribution in [0.2, 0.25) is 5.02 Å².